The summed E-state index contributed by atoms with van der Waals surface area (Å²) in [6.45, 7) is 4.20. The van der Waals surface area contributed by atoms with Gasteiger partial charge in [-0.2, -0.15) is 0 Å². The molecule has 0 saturated heterocycles. The van der Waals surface area contributed by atoms with E-state index in [0.717, 1.165) is 10.6 Å². The second kappa shape index (κ2) is 5.67. The average Bonchev–Trinajstić information content (AvgIpc) is 2.74. The predicted molar refractivity (Wildman–Crippen MR) is 76.0 cm³/mol. The number of hydrogen-bond acceptors (Lipinski definition) is 4. The first-order valence-corrected chi connectivity index (χ1v) is 6.94. The molecule has 0 spiro atoms. The minimum Gasteiger partial charge on any atom is -0.389 e. The van der Waals surface area contributed by atoms with Crippen LogP contribution in [-0.4, -0.2) is 17.1 Å². The van der Waals surface area contributed by atoms with Crippen molar-refractivity contribution < 1.29 is 9.50 Å². The van der Waals surface area contributed by atoms with Crippen molar-refractivity contribution in [3.63, 3.8) is 0 Å². The quantitative estimate of drug-likeness (QED) is 0.933. The molecule has 2 aromatic rings. The number of halogens is 1. The van der Waals surface area contributed by atoms with Crippen molar-refractivity contribution in [3.8, 4) is 0 Å². The number of benzene rings is 1. The number of thiazole rings is 1. The van der Waals surface area contributed by atoms with Gasteiger partial charge in [-0.1, -0.05) is 6.07 Å². The lowest BCUT2D eigenvalue weighted by Crippen LogP contribution is -2.17. The van der Waals surface area contributed by atoms with Crippen LogP contribution in [0.4, 0.5) is 10.1 Å². The molecule has 1 heterocycles. The van der Waals surface area contributed by atoms with Crippen LogP contribution in [0.2, 0.25) is 0 Å². The van der Waals surface area contributed by atoms with Gasteiger partial charge in [-0.15, -0.1) is 11.3 Å². The van der Waals surface area contributed by atoms with Gasteiger partial charge >= 0.3 is 0 Å². The molecule has 1 aromatic heterocycles. The average molecular weight is 280 g/mol. The van der Waals surface area contributed by atoms with Crippen molar-refractivity contribution in [2.75, 3.05) is 11.9 Å². The van der Waals surface area contributed by atoms with Gasteiger partial charge < -0.3 is 10.0 Å². The van der Waals surface area contributed by atoms with Crippen LogP contribution in [0.5, 0.6) is 0 Å². The normalized spacial score (nSPS) is 12.5. The van der Waals surface area contributed by atoms with Crippen LogP contribution in [0.15, 0.2) is 23.7 Å². The Bertz CT molecular complexity index is 568. The Balaban J connectivity index is 2.20. The highest BCUT2D eigenvalue weighted by molar-refractivity contribution is 7.09. The summed E-state index contributed by atoms with van der Waals surface area (Å²) in [4.78, 5) is 7.16. The Labute approximate surface area is 116 Å². The zero-order valence-corrected chi connectivity index (χ0v) is 12.0. The van der Waals surface area contributed by atoms with Crippen molar-refractivity contribution >= 4 is 17.0 Å². The highest BCUT2D eigenvalue weighted by atomic mass is 32.1. The second-order valence-electron chi connectivity index (χ2n) is 4.60. The summed E-state index contributed by atoms with van der Waals surface area (Å²) < 4.78 is 14.0. The monoisotopic (exact) mass is 280 g/mol. The van der Waals surface area contributed by atoms with Crippen LogP contribution in [-0.2, 0) is 6.54 Å². The third-order valence-electron chi connectivity index (χ3n) is 3.09. The molecule has 3 nitrogen and oxygen atoms in total. The lowest BCUT2D eigenvalue weighted by molar-refractivity contribution is 0.199. The Hall–Kier alpha value is -1.46. The molecule has 1 N–H and O–H groups in total. The Kier molecular flexibility index (Phi) is 4.17. The van der Waals surface area contributed by atoms with Gasteiger partial charge in [0.05, 0.1) is 29.5 Å². The maximum atomic E-state index is 14.0. The van der Waals surface area contributed by atoms with Gasteiger partial charge in [-0.25, -0.2) is 9.37 Å². The summed E-state index contributed by atoms with van der Waals surface area (Å²) in [6.07, 6.45) is -0.655. The topological polar surface area (TPSA) is 36.4 Å². The van der Waals surface area contributed by atoms with Gasteiger partial charge in [0.25, 0.3) is 0 Å². The van der Waals surface area contributed by atoms with Crippen LogP contribution >= 0.6 is 11.3 Å². The molecule has 1 atom stereocenters. The Morgan fingerprint density at radius 3 is 2.74 bits per heavy atom. The third kappa shape index (κ3) is 3.11. The molecule has 0 saturated carbocycles. The number of hydrogen-bond donors (Lipinski definition) is 1. The number of aliphatic hydroxyl groups is 1. The molecule has 0 amide bonds. The maximum Gasteiger partial charge on any atom is 0.146 e. The van der Waals surface area contributed by atoms with Crippen LogP contribution in [0, 0.1) is 12.7 Å². The van der Waals surface area contributed by atoms with E-state index in [1.54, 1.807) is 35.9 Å². The molecule has 102 valence electrons. The molecule has 0 unspecified atom stereocenters. The van der Waals surface area contributed by atoms with Crippen molar-refractivity contribution in [3.05, 3.63) is 45.7 Å². The van der Waals surface area contributed by atoms with E-state index >= 15 is 0 Å². The van der Waals surface area contributed by atoms with Gasteiger partial charge in [0.1, 0.15) is 5.82 Å². The minimum atomic E-state index is -0.655. The summed E-state index contributed by atoms with van der Waals surface area (Å²) in [5.74, 6) is -0.317. The lowest BCUT2D eigenvalue weighted by Gasteiger charge is -2.20. The van der Waals surface area contributed by atoms with E-state index in [1.165, 1.54) is 6.07 Å². The number of nitrogens with zero attached hydrogens (tertiary/aromatic N) is 2. The van der Waals surface area contributed by atoms with Crippen LogP contribution in [0.1, 0.15) is 29.2 Å². The molecule has 0 aliphatic heterocycles. The fraction of sp³-hybridized carbons (Fsp3) is 0.357. The Morgan fingerprint density at radius 1 is 1.47 bits per heavy atom. The molecule has 0 aliphatic rings. The van der Waals surface area contributed by atoms with Gasteiger partial charge in [-0.3, -0.25) is 0 Å². The minimum absolute atomic E-state index is 0.317. The van der Waals surface area contributed by atoms with Crippen LogP contribution in [0.25, 0.3) is 0 Å². The molecule has 0 bridgehead atoms. The van der Waals surface area contributed by atoms with Crippen LogP contribution < -0.4 is 4.90 Å². The van der Waals surface area contributed by atoms with Crippen molar-refractivity contribution in [1.82, 2.24) is 4.98 Å². The molecule has 2 rings (SSSR count). The summed E-state index contributed by atoms with van der Waals surface area (Å²) in [6, 6.07) is 4.84. The fourth-order valence-electron chi connectivity index (χ4n) is 1.87. The molecule has 1 aromatic carbocycles. The number of aromatic nitrogens is 1. The van der Waals surface area contributed by atoms with Gasteiger partial charge in [0, 0.05) is 11.9 Å². The molecule has 0 aliphatic carbocycles. The first-order valence-electron chi connectivity index (χ1n) is 6.06. The third-order valence-corrected chi connectivity index (χ3v) is 4.01. The van der Waals surface area contributed by atoms with Crippen molar-refractivity contribution in [2.45, 2.75) is 26.5 Å². The first kappa shape index (κ1) is 14.0. The van der Waals surface area contributed by atoms with E-state index in [2.05, 4.69) is 4.98 Å². The SMILES string of the molecule is Cc1ncsc1CN(C)c1ccc([C@H](C)O)cc1F. The van der Waals surface area contributed by atoms with Crippen molar-refractivity contribution in [1.29, 1.82) is 0 Å². The van der Waals surface area contributed by atoms with Crippen LogP contribution in [0.3, 0.4) is 0 Å². The van der Waals surface area contributed by atoms with E-state index in [4.69, 9.17) is 0 Å². The molecule has 5 heteroatoms. The summed E-state index contributed by atoms with van der Waals surface area (Å²) in [5, 5.41) is 9.43. The van der Waals surface area contributed by atoms with E-state index in [-0.39, 0.29) is 5.82 Å². The first-order chi connectivity index (χ1) is 8.99. The molecule has 0 fully saturated rings. The number of rotatable bonds is 4. The summed E-state index contributed by atoms with van der Waals surface area (Å²) >= 11 is 1.57. The van der Waals surface area contributed by atoms with E-state index in [0.29, 0.717) is 17.8 Å². The molecular weight excluding hydrogens is 263 g/mol. The largest absolute Gasteiger partial charge is 0.389 e. The highest BCUT2D eigenvalue weighted by Gasteiger charge is 2.12. The predicted octanol–water partition coefficient (Wildman–Crippen LogP) is 3.28. The highest BCUT2D eigenvalue weighted by Crippen LogP contribution is 2.25. The van der Waals surface area contributed by atoms with E-state index < -0.39 is 6.10 Å². The van der Waals surface area contributed by atoms with E-state index in [1.807, 2.05) is 18.9 Å². The summed E-state index contributed by atoms with van der Waals surface area (Å²) in [7, 11) is 1.85. The molecule has 0 radical (unpaired) electrons. The lowest BCUT2D eigenvalue weighted by atomic mass is 10.1. The van der Waals surface area contributed by atoms with Crippen molar-refractivity contribution in [2.24, 2.45) is 0 Å². The zero-order valence-electron chi connectivity index (χ0n) is 11.2. The Morgan fingerprint density at radius 2 is 2.21 bits per heavy atom. The number of aliphatic hydroxyl groups excluding tert-OH is 1. The van der Waals surface area contributed by atoms with Gasteiger partial charge in [0.15, 0.2) is 0 Å². The maximum absolute atomic E-state index is 14.0. The molecule has 19 heavy (non-hydrogen) atoms. The number of anilines is 1. The standard InChI is InChI=1S/C14H17FN2OS/c1-9-14(19-8-16-9)7-17(3)13-5-4-11(10(2)18)6-12(13)15/h4-6,8,10,18H,7H2,1-3H3/t10-/m0/s1. The zero-order chi connectivity index (χ0) is 14.0. The number of aryl methyl sites for hydroxylation is 1. The second-order valence-corrected chi connectivity index (χ2v) is 5.54. The van der Waals surface area contributed by atoms with Gasteiger partial charge in [0.2, 0.25) is 0 Å². The molecular formula is C14H17FN2OS. The van der Waals surface area contributed by atoms with Gasteiger partial charge in [-0.05, 0) is 31.5 Å². The fourth-order valence-corrected chi connectivity index (χ4v) is 2.70. The summed E-state index contributed by atoms with van der Waals surface area (Å²) in [5.41, 5.74) is 3.89. The van der Waals surface area contributed by atoms with E-state index in [9.17, 15) is 9.50 Å². The smallest absolute Gasteiger partial charge is 0.146 e.